The summed E-state index contributed by atoms with van der Waals surface area (Å²) in [6.45, 7) is 0.956. The van der Waals surface area contributed by atoms with Gasteiger partial charge in [-0.1, -0.05) is 18.6 Å². The predicted octanol–water partition coefficient (Wildman–Crippen LogP) is 1.22. The number of nitrogens with one attached hydrogen (secondary N) is 2. The standard InChI is InChI=1S/C17H25N3O3.ClH/c1-23-14-7-5-12(6-8-14)10-19-16(21)11-20-17(22)15-4-2-3-13(15)9-18;/h5-8,13,15H,2-4,9-11,18H2,1H3,(H,19,21)(H,20,22);1H/t13-,15-;/m1./s1. The summed E-state index contributed by atoms with van der Waals surface area (Å²) in [7, 11) is 1.61. The Hall–Kier alpha value is -1.79. The third kappa shape index (κ3) is 5.69. The van der Waals surface area contributed by atoms with Gasteiger partial charge in [-0.2, -0.15) is 0 Å². The molecule has 0 heterocycles. The lowest BCUT2D eigenvalue weighted by Crippen LogP contribution is -2.41. The molecule has 0 unspecified atom stereocenters. The molecule has 2 atom stereocenters. The lowest BCUT2D eigenvalue weighted by molar-refractivity contribution is -0.129. The molecular formula is C17H26ClN3O3. The molecule has 0 aliphatic heterocycles. The van der Waals surface area contributed by atoms with Crippen LogP contribution in [0.1, 0.15) is 24.8 Å². The highest BCUT2D eigenvalue weighted by molar-refractivity contribution is 5.86. The van der Waals surface area contributed by atoms with Gasteiger partial charge >= 0.3 is 0 Å². The Morgan fingerprint density at radius 1 is 1.21 bits per heavy atom. The van der Waals surface area contributed by atoms with Crippen molar-refractivity contribution in [2.24, 2.45) is 17.6 Å². The first-order valence-electron chi connectivity index (χ1n) is 8.01. The highest BCUT2D eigenvalue weighted by Gasteiger charge is 2.31. The minimum atomic E-state index is -0.198. The second kappa shape index (κ2) is 10.2. The van der Waals surface area contributed by atoms with Crippen LogP contribution in [-0.4, -0.2) is 32.0 Å². The SMILES string of the molecule is COc1ccc(CNC(=O)CNC(=O)[C@@H]2CCC[C@@H]2CN)cc1.Cl. The van der Waals surface area contributed by atoms with E-state index < -0.39 is 0 Å². The van der Waals surface area contributed by atoms with Gasteiger partial charge in [-0.05, 0) is 43.0 Å². The molecule has 0 radical (unpaired) electrons. The summed E-state index contributed by atoms with van der Waals surface area (Å²) in [5.74, 6) is 0.721. The van der Waals surface area contributed by atoms with Crippen molar-refractivity contribution < 1.29 is 14.3 Å². The number of methoxy groups -OCH3 is 1. The first kappa shape index (κ1) is 20.3. The molecule has 4 N–H and O–H groups in total. The van der Waals surface area contributed by atoms with Crippen molar-refractivity contribution in [2.75, 3.05) is 20.2 Å². The quantitative estimate of drug-likeness (QED) is 0.685. The molecule has 1 saturated carbocycles. The van der Waals surface area contributed by atoms with Crippen molar-refractivity contribution in [1.29, 1.82) is 0 Å². The average Bonchev–Trinajstić information content (AvgIpc) is 3.07. The molecule has 134 valence electrons. The van der Waals surface area contributed by atoms with Gasteiger partial charge in [-0.15, -0.1) is 12.4 Å². The van der Waals surface area contributed by atoms with Crippen molar-refractivity contribution in [1.82, 2.24) is 10.6 Å². The number of benzene rings is 1. The molecule has 0 aromatic heterocycles. The summed E-state index contributed by atoms with van der Waals surface area (Å²) in [6, 6.07) is 7.47. The van der Waals surface area contributed by atoms with E-state index in [0.29, 0.717) is 13.1 Å². The fraction of sp³-hybridized carbons (Fsp3) is 0.529. The Kier molecular flexibility index (Phi) is 8.57. The van der Waals surface area contributed by atoms with Gasteiger partial charge in [-0.3, -0.25) is 9.59 Å². The number of rotatable bonds is 7. The van der Waals surface area contributed by atoms with E-state index in [9.17, 15) is 9.59 Å². The van der Waals surface area contributed by atoms with E-state index in [4.69, 9.17) is 10.5 Å². The van der Waals surface area contributed by atoms with Crippen LogP contribution in [0.3, 0.4) is 0 Å². The third-order valence-corrected chi connectivity index (χ3v) is 4.37. The van der Waals surface area contributed by atoms with Crippen LogP contribution in [0.5, 0.6) is 5.75 Å². The molecule has 0 bridgehead atoms. The lowest BCUT2D eigenvalue weighted by atomic mass is 9.95. The summed E-state index contributed by atoms with van der Waals surface area (Å²) >= 11 is 0. The summed E-state index contributed by atoms with van der Waals surface area (Å²) in [5, 5.41) is 5.51. The van der Waals surface area contributed by atoms with Crippen LogP contribution >= 0.6 is 12.4 Å². The number of carbonyl (C=O) groups is 2. The largest absolute Gasteiger partial charge is 0.497 e. The third-order valence-electron chi connectivity index (χ3n) is 4.37. The zero-order valence-electron chi connectivity index (χ0n) is 13.9. The number of hydrogen-bond acceptors (Lipinski definition) is 4. The van der Waals surface area contributed by atoms with Crippen LogP contribution in [0.4, 0.5) is 0 Å². The van der Waals surface area contributed by atoms with Gasteiger partial charge in [-0.25, -0.2) is 0 Å². The van der Waals surface area contributed by atoms with E-state index in [2.05, 4.69) is 10.6 Å². The Bertz CT molecular complexity index is 536. The van der Waals surface area contributed by atoms with Crippen molar-refractivity contribution in [3.63, 3.8) is 0 Å². The van der Waals surface area contributed by atoms with Gasteiger partial charge in [0.05, 0.1) is 13.7 Å². The van der Waals surface area contributed by atoms with Gasteiger partial charge in [0.2, 0.25) is 11.8 Å². The summed E-state index contributed by atoms with van der Waals surface area (Å²) in [5.41, 5.74) is 6.66. The Morgan fingerprint density at radius 3 is 2.54 bits per heavy atom. The van der Waals surface area contributed by atoms with Gasteiger partial charge in [0.25, 0.3) is 0 Å². The second-order valence-electron chi connectivity index (χ2n) is 5.88. The monoisotopic (exact) mass is 355 g/mol. The summed E-state index contributed by atoms with van der Waals surface area (Å²) in [4.78, 5) is 23.9. The molecule has 24 heavy (non-hydrogen) atoms. The van der Waals surface area contributed by atoms with Crippen molar-refractivity contribution in [2.45, 2.75) is 25.8 Å². The highest BCUT2D eigenvalue weighted by Crippen LogP contribution is 2.30. The predicted molar refractivity (Wildman–Crippen MR) is 95.0 cm³/mol. The van der Waals surface area contributed by atoms with E-state index in [-0.39, 0.29) is 42.6 Å². The number of nitrogens with two attached hydrogens (primary N) is 1. The van der Waals surface area contributed by atoms with E-state index in [1.807, 2.05) is 24.3 Å². The topological polar surface area (TPSA) is 93.5 Å². The maximum absolute atomic E-state index is 12.1. The fourth-order valence-corrected chi connectivity index (χ4v) is 2.97. The number of carbonyl (C=O) groups excluding carboxylic acids is 2. The number of amides is 2. The van der Waals surface area contributed by atoms with E-state index >= 15 is 0 Å². The van der Waals surface area contributed by atoms with Crippen molar-refractivity contribution in [3.8, 4) is 5.75 Å². The molecule has 1 fully saturated rings. The second-order valence-corrected chi connectivity index (χ2v) is 5.88. The lowest BCUT2D eigenvalue weighted by Gasteiger charge is -2.17. The Morgan fingerprint density at radius 2 is 1.92 bits per heavy atom. The molecule has 6 nitrogen and oxygen atoms in total. The maximum atomic E-state index is 12.1. The van der Waals surface area contributed by atoms with E-state index in [1.165, 1.54) is 0 Å². The normalized spacial score (nSPS) is 19.2. The molecule has 7 heteroatoms. The molecule has 2 amide bonds. The first-order valence-corrected chi connectivity index (χ1v) is 8.01. The van der Waals surface area contributed by atoms with Crippen LogP contribution in [-0.2, 0) is 16.1 Å². The maximum Gasteiger partial charge on any atom is 0.239 e. The molecule has 1 aromatic carbocycles. The van der Waals surface area contributed by atoms with E-state index in [1.54, 1.807) is 7.11 Å². The van der Waals surface area contributed by atoms with Gasteiger partial charge in [0, 0.05) is 12.5 Å². The molecule has 1 aliphatic carbocycles. The number of ether oxygens (including phenoxy) is 1. The molecule has 0 saturated heterocycles. The van der Waals surface area contributed by atoms with Crippen LogP contribution in [0.25, 0.3) is 0 Å². The molecule has 2 rings (SSSR count). The Balaban J connectivity index is 0.00000288. The molecule has 1 aliphatic rings. The highest BCUT2D eigenvalue weighted by atomic mass is 35.5. The van der Waals surface area contributed by atoms with Crippen LogP contribution in [0.2, 0.25) is 0 Å². The fourth-order valence-electron chi connectivity index (χ4n) is 2.97. The van der Waals surface area contributed by atoms with Crippen molar-refractivity contribution >= 4 is 24.2 Å². The van der Waals surface area contributed by atoms with Gasteiger partial charge in [0.15, 0.2) is 0 Å². The van der Waals surface area contributed by atoms with Crippen molar-refractivity contribution in [3.05, 3.63) is 29.8 Å². The van der Waals surface area contributed by atoms with Gasteiger partial charge in [0.1, 0.15) is 5.75 Å². The first-order chi connectivity index (χ1) is 11.1. The van der Waals surface area contributed by atoms with Gasteiger partial charge < -0.3 is 21.1 Å². The molecule has 0 spiro atoms. The Labute approximate surface area is 148 Å². The van der Waals surface area contributed by atoms with Crippen LogP contribution in [0, 0.1) is 11.8 Å². The van der Waals surface area contributed by atoms with Crippen LogP contribution < -0.4 is 21.1 Å². The summed E-state index contributed by atoms with van der Waals surface area (Å²) < 4.78 is 5.08. The number of halogens is 1. The number of hydrogen-bond donors (Lipinski definition) is 3. The van der Waals surface area contributed by atoms with E-state index in [0.717, 1.165) is 30.6 Å². The summed E-state index contributed by atoms with van der Waals surface area (Å²) in [6.07, 6.45) is 2.89. The minimum Gasteiger partial charge on any atom is -0.497 e. The average molecular weight is 356 g/mol. The van der Waals surface area contributed by atoms with Crippen LogP contribution in [0.15, 0.2) is 24.3 Å². The zero-order chi connectivity index (χ0) is 16.7. The zero-order valence-corrected chi connectivity index (χ0v) is 14.7. The minimum absolute atomic E-state index is 0. The smallest absolute Gasteiger partial charge is 0.239 e. The molecule has 1 aromatic rings. The molecular weight excluding hydrogens is 330 g/mol.